The van der Waals surface area contributed by atoms with E-state index in [0.717, 1.165) is 19.4 Å². The average Bonchev–Trinajstić information content (AvgIpc) is 2.22. The molecule has 0 fully saturated rings. The fourth-order valence-electron chi connectivity index (χ4n) is 1.29. The third kappa shape index (κ3) is 4.91. The van der Waals surface area contributed by atoms with Gasteiger partial charge in [0, 0.05) is 0 Å². The summed E-state index contributed by atoms with van der Waals surface area (Å²) in [5.41, 5.74) is 5.45. The second-order valence-corrected chi connectivity index (χ2v) is 3.80. The Labute approximate surface area is 86.5 Å². The van der Waals surface area contributed by atoms with Crippen molar-refractivity contribution in [3.05, 3.63) is 0 Å². The van der Waals surface area contributed by atoms with Crippen molar-refractivity contribution in [3.63, 3.8) is 0 Å². The molecule has 0 aliphatic heterocycles. The first kappa shape index (κ1) is 13.8. The topological polar surface area (TPSA) is 78.5 Å². The van der Waals surface area contributed by atoms with Crippen LogP contribution in [0, 0.1) is 5.92 Å². The van der Waals surface area contributed by atoms with Crippen molar-refractivity contribution in [3.8, 4) is 0 Å². The lowest BCUT2D eigenvalue weighted by atomic mass is 9.98. The van der Waals surface area contributed by atoms with Crippen LogP contribution in [0.1, 0.15) is 26.7 Å². The average molecular weight is 204 g/mol. The van der Waals surface area contributed by atoms with Crippen LogP contribution in [0.3, 0.4) is 0 Å². The molecule has 4 heteroatoms. The second kappa shape index (κ2) is 8.17. The Hall–Kier alpha value is -0.160. The van der Waals surface area contributed by atoms with Crippen LogP contribution < -0.4 is 11.1 Å². The number of nitrogens with one attached hydrogen (secondary N) is 1. The number of hydrogen-bond donors (Lipinski definition) is 4. The van der Waals surface area contributed by atoms with Crippen molar-refractivity contribution in [2.45, 2.75) is 38.8 Å². The number of unbranched alkanes of at least 4 members (excludes halogenated alkanes) is 1. The molecule has 14 heavy (non-hydrogen) atoms. The van der Waals surface area contributed by atoms with E-state index in [0.29, 0.717) is 6.54 Å². The van der Waals surface area contributed by atoms with Gasteiger partial charge in [-0.1, -0.05) is 20.3 Å². The minimum absolute atomic E-state index is 0.0151. The molecule has 0 saturated carbocycles. The highest BCUT2D eigenvalue weighted by Gasteiger charge is 2.22. The lowest BCUT2D eigenvalue weighted by molar-refractivity contribution is 0.0525. The van der Waals surface area contributed by atoms with Gasteiger partial charge in [0.2, 0.25) is 0 Å². The van der Waals surface area contributed by atoms with Gasteiger partial charge in [-0.15, -0.1) is 0 Å². The van der Waals surface area contributed by atoms with Crippen LogP contribution in [-0.4, -0.2) is 42.1 Å². The summed E-state index contributed by atoms with van der Waals surface area (Å²) in [7, 11) is 0. The zero-order valence-electron chi connectivity index (χ0n) is 9.24. The predicted molar refractivity (Wildman–Crippen MR) is 58.0 cm³/mol. The van der Waals surface area contributed by atoms with Gasteiger partial charge in [-0.2, -0.15) is 0 Å². The highest BCUT2D eigenvalue weighted by Crippen LogP contribution is 2.05. The van der Waals surface area contributed by atoms with Crippen LogP contribution in [0.5, 0.6) is 0 Å². The van der Waals surface area contributed by atoms with Crippen molar-refractivity contribution in [2.24, 2.45) is 11.7 Å². The molecule has 0 amide bonds. The number of hydrogen-bond acceptors (Lipinski definition) is 4. The molecule has 0 aromatic carbocycles. The van der Waals surface area contributed by atoms with E-state index in [9.17, 15) is 5.11 Å². The van der Waals surface area contributed by atoms with Gasteiger partial charge < -0.3 is 21.3 Å². The van der Waals surface area contributed by atoms with Gasteiger partial charge in [-0.05, 0) is 25.4 Å². The maximum atomic E-state index is 9.77. The molecule has 0 aliphatic rings. The molecule has 0 saturated heterocycles. The first-order valence-electron chi connectivity index (χ1n) is 5.39. The predicted octanol–water partition coefficient (Wildman–Crippen LogP) is -0.307. The maximum absolute atomic E-state index is 9.77. The molecule has 0 heterocycles. The number of aliphatic hydroxyl groups excluding tert-OH is 2. The summed E-state index contributed by atoms with van der Waals surface area (Å²) in [6, 6.07) is -0.250. The van der Waals surface area contributed by atoms with Gasteiger partial charge >= 0.3 is 0 Å². The van der Waals surface area contributed by atoms with Crippen molar-refractivity contribution in [2.75, 3.05) is 19.7 Å². The molecule has 5 N–H and O–H groups in total. The van der Waals surface area contributed by atoms with E-state index in [1.807, 2.05) is 6.92 Å². The molecule has 0 aromatic rings. The second-order valence-electron chi connectivity index (χ2n) is 3.80. The largest absolute Gasteiger partial charge is 0.395 e. The van der Waals surface area contributed by atoms with Crippen LogP contribution in [0.4, 0.5) is 0 Å². The van der Waals surface area contributed by atoms with Crippen LogP contribution in [0.15, 0.2) is 0 Å². The molecular weight excluding hydrogens is 180 g/mol. The molecule has 0 aliphatic carbocycles. The van der Waals surface area contributed by atoms with E-state index in [-0.39, 0.29) is 18.6 Å². The minimum Gasteiger partial charge on any atom is -0.395 e. The van der Waals surface area contributed by atoms with Crippen molar-refractivity contribution in [1.29, 1.82) is 0 Å². The Kier molecular flexibility index (Phi) is 8.08. The molecule has 3 atom stereocenters. The van der Waals surface area contributed by atoms with Gasteiger partial charge in [-0.25, -0.2) is 0 Å². The summed E-state index contributed by atoms with van der Waals surface area (Å²) < 4.78 is 0. The number of nitrogens with two attached hydrogens (primary N) is 1. The van der Waals surface area contributed by atoms with Crippen LogP contribution in [0.2, 0.25) is 0 Å². The van der Waals surface area contributed by atoms with Gasteiger partial charge in [0.1, 0.15) is 0 Å². The van der Waals surface area contributed by atoms with Gasteiger partial charge in [-0.3, -0.25) is 0 Å². The van der Waals surface area contributed by atoms with Crippen molar-refractivity contribution < 1.29 is 10.2 Å². The molecule has 0 spiro atoms. The lowest BCUT2D eigenvalue weighted by Crippen LogP contribution is -2.47. The SMILES string of the molecule is CCCCNC(CO)C(O)C(C)CN. The first-order chi connectivity index (χ1) is 6.67. The smallest absolute Gasteiger partial charge is 0.0753 e. The Morgan fingerprint density at radius 2 is 2.07 bits per heavy atom. The zero-order valence-corrected chi connectivity index (χ0v) is 9.24. The van der Waals surface area contributed by atoms with Crippen LogP contribution in [0.25, 0.3) is 0 Å². The highest BCUT2D eigenvalue weighted by molar-refractivity contribution is 4.79. The molecule has 86 valence electrons. The first-order valence-corrected chi connectivity index (χ1v) is 5.39. The Bertz CT molecular complexity index is 133. The summed E-state index contributed by atoms with van der Waals surface area (Å²) >= 11 is 0. The summed E-state index contributed by atoms with van der Waals surface area (Å²) in [6.45, 7) is 5.21. The fraction of sp³-hybridized carbons (Fsp3) is 1.00. The Morgan fingerprint density at radius 1 is 1.43 bits per heavy atom. The number of aliphatic hydroxyl groups is 2. The number of rotatable bonds is 8. The Morgan fingerprint density at radius 3 is 2.50 bits per heavy atom. The summed E-state index contributed by atoms with van der Waals surface area (Å²) in [4.78, 5) is 0. The zero-order chi connectivity index (χ0) is 11.0. The van der Waals surface area contributed by atoms with Crippen LogP contribution in [-0.2, 0) is 0 Å². The van der Waals surface area contributed by atoms with Crippen molar-refractivity contribution >= 4 is 0 Å². The third-order valence-electron chi connectivity index (χ3n) is 2.50. The van der Waals surface area contributed by atoms with E-state index in [2.05, 4.69) is 12.2 Å². The molecule has 0 bridgehead atoms. The highest BCUT2D eigenvalue weighted by atomic mass is 16.3. The normalized spacial score (nSPS) is 17.8. The van der Waals surface area contributed by atoms with Crippen molar-refractivity contribution in [1.82, 2.24) is 5.32 Å². The molecular formula is C10H24N2O2. The van der Waals surface area contributed by atoms with Gasteiger partial charge in [0.25, 0.3) is 0 Å². The summed E-state index contributed by atoms with van der Waals surface area (Å²) in [5, 5.41) is 22.0. The van der Waals surface area contributed by atoms with E-state index in [1.54, 1.807) is 0 Å². The van der Waals surface area contributed by atoms with E-state index >= 15 is 0 Å². The van der Waals surface area contributed by atoms with Gasteiger partial charge in [0.05, 0.1) is 18.8 Å². The molecule has 3 unspecified atom stereocenters. The standard InChI is InChI=1S/C10H24N2O2/c1-3-4-5-12-9(7-13)10(14)8(2)6-11/h8-10,12-14H,3-7,11H2,1-2H3. The summed E-state index contributed by atoms with van der Waals surface area (Å²) in [6.07, 6.45) is 1.59. The molecule has 0 aromatic heterocycles. The quantitative estimate of drug-likeness (QED) is 0.409. The molecule has 0 rings (SSSR count). The van der Waals surface area contributed by atoms with Crippen LogP contribution >= 0.6 is 0 Å². The Balaban J connectivity index is 3.85. The fourth-order valence-corrected chi connectivity index (χ4v) is 1.29. The molecule has 4 nitrogen and oxygen atoms in total. The third-order valence-corrected chi connectivity index (χ3v) is 2.50. The molecule has 0 radical (unpaired) electrons. The van der Waals surface area contributed by atoms with E-state index in [1.165, 1.54) is 0 Å². The monoisotopic (exact) mass is 204 g/mol. The van der Waals surface area contributed by atoms with E-state index in [4.69, 9.17) is 10.8 Å². The minimum atomic E-state index is -0.568. The summed E-state index contributed by atoms with van der Waals surface area (Å²) in [5.74, 6) is 0.0151. The van der Waals surface area contributed by atoms with E-state index < -0.39 is 6.10 Å². The maximum Gasteiger partial charge on any atom is 0.0753 e. The lowest BCUT2D eigenvalue weighted by Gasteiger charge is -2.26. The van der Waals surface area contributed by atoms with Gasteiger partial charge in [0.15, 0.2) is 0 Å².